The summed E-state index contributed by atoms with van der Waals surface area (Å²) in [6.45, 7) is 7.96. The third kappa shape index (κ3) is 5.59. The Morgan fingerprint density at radius 1 is 1.04 bits per heavy atom. The number of carbonyl (C=O) groups excluding carboxylic acids is 2. The van der Waals surface area contributed by atoms with Crippen LogP contribution < -0.4 is 15.6 Å². The van der Waals surface area contributed by atoms with E-state index in [1.165, 1.54) is 0 Å². The van der Waals surface area contributed by atoms with E-state index < -0.39 is 5.91 Å². The highest BCUT2D eigenvalue weighted by Crippen LogP contribution is 2.33. The van der Waals surface area contributed by atoms with Crippen molar-refractivity contribution in [2.45, 2.75) is 33.1 Å². The molecule has 26 heavy (non-hydrogen) atoms. The van der Waals surface area contributed by atoms with Crippen LogP contribution in [0.2, 0.25) is 0 Å². The molecule has 0 heterocycles. The lowest BCUT2D eigenvalue weighted by atomic mass is 9.86. The van der Waals surface area contributed by atoms with Crippen molar-refractivity contribution in [2.75, 3.05) is 6.61 Å². The number of amides is 2. The quantitative estimate of drug-likeness (QED) is 0.739. The predicted molar refractivity (Wildman–Crippen MR) is 105 cm³/mol. The van der Waals surface area contributed by atoms with E-state index in [1.54, 1.807) is 12.1 Å². The minimum Gasteiger partial charge on any atom is -0.483 e. The molecule has 0 unspecified atom stereocenters. The van der Waals surface area contributed by atoms with Crippen molar-refractivity contribution in [3.8, 4) is 5.75 Å². The molecular formula is C20H23BrN2O3. The molecule has 0 saturated carbocycles. The third-order valence-electron chi connectivity index (χ3n) is 3.74. The van der Waals surface area contributed by atoms with Crippen LogP contribution in [0.4, 0.5) is 0 Å². The van der Waals surface area contributed by atoms with Crippen LogP contribution in [0.1, 0.15) is 42.3 Å². The van der Waals surface area contributed by atoms with E-state index in [4.69, 9.17) is 4.74 Å². The maximum absolute atomic E-state index is 12.0. The fraction of sp³-hybridized carbons (Fsp3) is 0.300. The number of hydrazine groups is 1. The third-order valence-corrected chi connectivity index (χ3v) is 4.23. The van der Waals surface area contributed by atoms with Gasteiger partial charge >= 0.3 is 0 Å². The van der Waals surface area contributed by atoms with Gasteiger partial charge in [-0.3, -0.25) is 20.4 Å². The van der Waals surface area contributed by atoms with Gasteiger partial charge in [-0.05, 0) is 42.7 Å². The Hall–Kier alpha value is -2.34. The first-order chi connectivity index (χ1) is 12.2. The summed E-state index contributed by atoms with van der Waals surface area (Å²) < 4.78 is 6.60. The Bertz CT molecular complexity index is 796. The van der Waals surface area contributed by atoms with Crippen molar-refractivity contribution in [2.24, 2.45) is 0 Å². The lowest BCUT2D eigenvalue weighted by Crippen LogP contribution is -2.43. The minimum absolute atomic E-state index is 0.130. The number of aryl methyl sites for hydroxylation is 1. The van der Waals surface area contributed by atoms with Gasteiger partial charge in [-0.2, -0.15) is 0 Å². The minimum atomic E-state index is -0.437. The van der Waals surface area contributed by atoms with Crippen LogP contribution in [0.5, 0.6) is 5.75 Å². The van der Waals surface area contributed by atoms with Crippen molar-refractivity contribution in [3.63, 3.8) is 0 Å². The summed E-state index contributed by atoms with van der Waals surface area (Å²) in [5.74, 6) is -0.175. The number of hydrogen-bond acceptors (Lipinski definition) is 3. The Kier molecular flexibility index (Phi) is 6.42. The topological polar surface area (TPSA) is 67.4 Å². The Balaban J connectivity index is 1.91. The first kappa shape index (κ1) is 20.0. The molecule has 0 saturated heterocycles. The molecule has 0 aliphatic carbocycles. The average molecular weight is 419 g/mol. The first-order valence-corrected chi connectivity index (χ1v) is 9.05. The van der Waals surface area contributed by atoms with E-state index in [2.05, 4.69) is 47.6 Å². The van der Waals surface area contributed by atoms with E-state index in [1.807, 2.05) is 37.3 Å². The van der Waals surface area contributed by atoms with E-state index in [-0.39, 0.29) is 17.9 Å². The smallest absolute Gasteiger partial charge is 0.276 e. The summed E-state index contributed by atoms with van der Waals surface area (Å²) in [5, 5.41) is 0. The monoisotopic (exact) mass is 418 g/mol. The average Bonchev–Trinajstić information content (AvgIpc) is 2.58. The number of halogens is 1. The predicted octanol–water partition coefficient (Wildman–Crippen LogP) is 3.90. The van der Waals surface area contributed by atoms with Gasteiger partial charge in [0.25, 0.3) is 11.8 Å². The maximum Gasteiger partial charge on any atom is 0.276 e. The molecule has 0 fully saturated rings. The van der Waals surface area contributed by atoms with Crippen LogP contribution in [0, 0.1) is 6.92 Å². The summed E-state index contributed by atoms with van der Waals surface area (Å²) in [6.07, 6.45) is 0. The van der Waals surface area contributed by atoms with Gasteiger partial charge in [0.2, 0.25) is 0 Å². The van der Waals surface area contributed by atoms with Gasteiger partial charge in [-0.25, -0.2) is 0 Å². The van der Waals surface area contributed by atoms with Gasteiger partial charge in [0.1, 0.15) is 5.75 Å². The zero-order chi connectivity index (χ0) is 19.3. The van der Waals surface area contributed by atoms with Crippen molar-refractivity contribution >= 4 is 27.7 Å². The maximum atomic E-state index is 12.0. The van der Waals surface area contributed by atoms with Crippen LogP contribution >= 0.6 is 15.9 Å². The van der Waals surface area contributed by atoms with Crippen LogP contribution in [0.15, 0.2) is 46.9 Å². The van der Waals surface area contributed by atoms with Gasteiger partial charge in [0.15, 0.2) is 6.61 Å². The number of rotatable bonds is 4. The Morgan fingerprint density at radius 3 is 2.31 bits per heavy atom. The van der Waals surface area contributed by atoms with Crippen molar-refractivity contribution in [1.29, 1.82) is 0 Å². The SMILES string of the molecule is Cc1ccc(C(=O)NNC(=O)COc2ccc(Br)cc2C(C)(C)C)cc1. The first-order valence-electron chi connectivity index (χ1n) is 8.25. The summed E-state index contributed by atoms with van der Waals surface area (Å²) in [6, 6.07) is 12.7. The lowest BCUT2D eigenvalue weighted by molar-refractivity contribution is -0.123. The highest BCUT2D eigenvalue weighted by molar-refractivity contribution is 9.10. The van der Waals surface area contributed by atoms with Gasteiger partial charge < -0.3 is 4.74 Å². The second-order valence-electron chi connectivity index (χ2n) is 7.05. The molecule has 5 nitrogen and oxygen atoms in total. The largest absolute Gasteiger partial charge is 0.483 e. The molecule has 2 N–H and O–H groups in total. The molecule has 2 aromatic carbocycles. The molecule has 6 heteroatoms. The van der Waals surface area contributed by atoms with Gasteiger partial charge in [0.05, 0.1) is 0 Å². The van der Waals surface area contributed by atoms with Crippen LogP contribution in [0.3, 0.4) is 0 Å². The molecule has 0 radical (unpaired) electrons. The van der Waals surface area contributed by atoms with E-state index >= 15 is 0 Å². The van der Waals surface area contributed by atoms with Crippen LogP contribution in [-0.2, 0) is 10.2 Å². The molecule has 0 bridgehead atoms. The fourth-order valence-corrected chi connectivity index (χ4v) is 2.66. The van der Waals surface area contributed by atoms with Crippen molar-refractivity contribution in [3.05, 3.63) is 63.6 Å². The number of carbonyl (C=O) groups is 2. The van der Waals surface area contributed by atoms with Crippen LogP contribution in [0.25, 0.3) is 0 Å². The van der Waals surface area contributed by atoms with Crippen molar-refractivity contribution < 1.29 is 14.3 Å². The van der Waals surface area contributed by atoms with Gasteiger partial charge in [0, 0.05) is 15.6 Å². The molecule has 2 rings (SSSR count). The van der Waals surface area contributed by atoms with Gasteiger partial charge in [-0.15, -0.1) is 0 Å². The molecule has 2 amide bonds. The molecule has 0 aliphatic heterocycles. The molecule has 0 aliphatic rings. The van der Waals surface area contributed by atoms with Crippen molar-refractivity contribution in [1.82, 2.24) is 10.9 Å². The highest BCUT2D eigenvalue weighted by atomic mass is 79.9. The Morgan fingerprint density at radius 2 is 1.69 bits per heavy atom. The lowest BCUT2D eigenvalue weighted by Gasteiger charge is -2.23. The molecule has 138 valence electrons. The summed E-state index contributed by atoms with van der Waals surface area (Å²) >= 11 is 3.45. The second kappa shape index (κ2) is 8.36. The molecule has 2 aromatic rings. The molecule has 0 spiro atoms. The number of nitrogens with one attached hydrogen (secondary N) is 2. The van der Waals surface area contributed by atoms with E-state index in [0.717, 1.165) is 15.6 Å². The fourth-order valence-electron chi connectivity index (χ4n) is 2.30. The Labute approximate surface area is 162 Å². The summed E-state index contributed by atoms with van der Waals surface area (Å²) in [4.78, 5) is 24.0. The van der Waals surface area contributed by atoms with Crippen LogP contribution in [-0.4, -0.2) is 18.4 Å². The second-order valence-corrected chi connectivity index (χ2v) is 7.96. The van der Waals surface area contributed by atoms with E-state index in [0.29, 0.717) is 11.3 Å². The zero-order valence-electron chi connectivity index (χ0n) is 15.4. The molecular weight excluding hydrogens is 396 g/mol. The van der Waals surface area contributed by atoms with E-state index in [9.17, 15) is 9.59 Å². The highest BCUT2D eigenvalue weighted by Gasteiger charge is 2.20. The molecule has 0 aromatic heterocycles. The normalized spacial score (nSPS) is 11.0. The summed E-state index contributed by atoms with van der Waals surface area (Å²) in [7, 11) is 0. The number of benzene rings is 2. The summed E-state index contributed by atoms with van der Waals surface area (Å²) in [5.41, 5.74) is 7.14. The zero-order valence-corrected chi connectivity index (χ0v) is 16.9. The van der Waals surface area contributed by atoms with Gasteiger partial charge in [-0.1, -0.05) is 54.4 Å². The standard InChI is InChI=1S/C20H23BrN2O3/c1-13-5-7-14(8-6-13)19(25)23-22-18(24)12-26-17-10-9-15(21)11-16(17)20(2,3)4/h5-11H,12H2,1-4H3,(H,22,24)(H,23,25). The number of ether oxygens (including phenoxy) is 1. The molecule has 0 atom stereocenters. The number of hydrogen-bond donors (Lipinski definition) is 2.